The maximum atomic E-state index is 13.0. The first-order valence-electron chi connectivity index (χ1n) is 8.87. The van der Waals surface area contributed by atoms with Crippen molar-refractivity contribution in [2.24, 2.45) is 4.99 Å². The average Bonchev–Trinajstić information content (AvgIpc) is 2.73. The molecule has 0 radical (unpaired) electrons. The van der Waals surface area contributed by atoms with Gasteiger partial charge in [-0.05, 0) is 36.4 Å². The molecule has 0 aromatic heterocycles. The van der Waals surface area contributed by atoms with Crippen LogP contribution in [0.1, 0.15) is 10.4 Å². The van der Waals surface area contributed by atoms with E-state index in [0.29, 0.717) is 16.9 Å². The molecule has 0 unspecified atom stereocenters. The summed E-state index contributed by atoms with van der Waals surface area (Å²) in [5.41, 5.74) is 2.39. The van der Waals surface area contributed by atoms with Gasteiger partial charge < -0.3 is 10.2 Å². The largest absolute Gasteiger partial charge is 0.378 e. The minimum absolute atomic E-state index is 0.160. The molecule has 1 amide bonds. The van der Waals surface area contributed by atoms with E-state index in [1.807, 2.05) is 55.4 Å². The Morgan fingerprint density at radius 3 is 1.93 bits per heavy atom. The van der Waals surface area contributed by atoms with E-state index in [-0.39, 0.29) is 5.71 Å². The monoisotopic (exact) mass is 371 g/mol. The molecule has 28 heavy (non-hydrogen) atoms. The number of benzene rings is 3. The molecule has 0 spiro atoms. The van der Waals surface area contributed by atoms with Crippen molar-refractivity contribution in [3.63, 3.8) is 0 Å². The minimum atomic E-state index is -0.545. The molecule has 5 heteroatoms. The minimum Gasteiger partial charge on any atom is -0.378 e. The van der Waals surface area contributed by atoms with Gasteiger partial charge in [0, 0.05) is 31.0 Å². The molecule has 3 rings (SSSR count). The maximum Gasteiger partial charge on any atom is 0.278 e. The summed E-state index contributed by atoms with van der Waals surface area (Å²) in [4.78, 5) is 32.1. The Morgan fingerprint density at radius 1 is 0.786 bits per heavy atom. The molecule has 0 saturated heterocycles. The normalized spacial score (nSPS) is 11.0. The predicted octanol–water partition coefficient (Wildman–Crippen LogP) is 4.35. The SMILES string of the molecule is CN(C)c1ccc(N=C(C(=O)Nc2ccccc2)C(=O)c2ccccc2)cc1. The highest BCUT2D eigenvalue weighted by Gasteiger charge is 2.22. The van der Waals surface area contributed by atoms with Crippen molar-refractivity contribution in [1.29, 1.82) is 0 Å². The number of carbonyl (C=O) groups is 2. The fourth-order valence-corrected chi connectivity index (χ4v) is 2.60. The summed E-state index contributed by atoms with van der Waals surface area (Å²) >= 11 is 0. The Bertz CT molecular complexity index is 979. The van der Waals surface area contributed by atoms with Gasteiger partial charge in [-0.1, -0.05) is 48.5 Å². The Labute approximate surface area is 164 Å². The van der Waals surface area contributed by atoms with Crippen LogP contribution in [-0.4, -0.2) is 31.5 Å². The van der Waals surface area contributed by atoms with Gasteiger partial charge in [0.15, 0.2) is 5.71 Å². The van der Waals surface area contributed by atoms with Crippen LogP contribution < -0.4 is 10.2 Å². The second kappa shape index (κ2) is 8.77. The number of amides is 1. The van der Waals surface area contributed by atoms with Crippen LogP contribution in [0.15, 0.2) is 89.9 Å². The van der Waals surface area contributed by atoms with Crippen LogP contribution in [0, 0.1) is 0 Å². The molecule has 0 heterocycles. The number of Topliss-reactive ketones (excluding diaryl/α,β-unsaturated/α-hetero) is 1. The summed E-state index contributed by atoms with van der Waals surface area (Å²) in [6.45, 7) is 0. The van der Waals surface area contributed by atoms with Crippen LogP contribution in [0.2, 0.25) is 0 Å². The quantitative estimate of drug-likeness (QED) is 0.398. The fourth-order valence-electron chi connectivity index (χ4n) is 2.60. The van der Waals surface area contributed by atoms with Crippen LogP contribution in [0.25, 0.3) is 0 Å². The second-order valence-electron chi connectivity index (χ2n) is 6.39. The standard InChI is InChI=1S/C23H21N3O2/c1-26(2)20-15-13-19(14-16-20)24-21(22(27)17-9-5-3-6-10-17)23(28)25-18-11-7-4-8-12-18/h3-16H,1-2H3,(H,25,28). The van der Waals surface area contributed by atoms with E-state index < -0.39 is 11.7 Å². The van der Waals surface area contributed by atoms with Crippen LogP contribution >= 0.6 is 0 Å². The maximum absolute atomic E-state index is 13.0. The molecule has 0 fully saturated rings. The van der Waals surface area contributed by atoms with E-state index in [4.69, 9.17) is 0 Å². The molecule has 3 aromatic carbocycles. The number of para-hydroxylation sites is 1. The summed E-state index contributed by atoms with van der Waals surface area (Å²) in [5.74, 6) is -0.970. The Morgan fingerprint density at radius 2 is 1.36 bits per heavy atom. The molecule has 0 bridgehead atoms. The summed E-state index contributed by atoms with van der Waals surface area (Å²) in [6.07, 6.45) is 0. The number of rotatable bonds is 6. The summed E-state index contributed by atoms with van der Waals surface area (Å²) < 4.78 is 0. The number of hydrogen-bond acceptors (Lipinski definition) is 4. The molecule has 5 nitrogen and oxygen atoms in total. The second-order valence-corrected chi connectivity index (χ2v) is 6.39. The number of aliphatic imine (C=N–C) groups is 1. The highest BCUT2D eigenvalue weighted by atomic mass is 16.2. The molecular weight excluding hydrogens is 350 g/mol. The third-order valence-corrected chi connectivity index (χ3v) is 4.10. The predicted molar refractivity (Wildman–Crippen MR) is 114 cm³/mol. The first-order valence-corrected chi connectivity index (χ1v) is 8.87. The summed E-state index contributed by atoms with van der Waals surface area (Å²) in [6, 6.07) is 25.0. The molecule has 1 N–H and O–H groups in total. The van der Waals surface area contributed by atoms with Crippen molar-refractivity contribution in [1.82, 2.24) is 0 Å². The van der Waals surface area contributed by atoms with Crippen molar-refractivity contribution in [3.05, 3.63) is 90.5 Å². The fraction of sp³-hybridized carbons (Fsp3) is 0.0870. The zero-order chi connectivity index (χ0) is 19.9. The highest BCUT2D eigenvalue weighted by Crippen LogP contribution is 2.19. The number of carbonyl (C=O) groups excluding carboxylic acids is 2. The Hall–Kier alpha value is -3.73. The van der Waals surface area contributed by atoms with Crippen molar-refractivity contribution < 1.29 is 9.59 Å². The Kier molecular flexibility index (Phi) is 5.97. The van der Waals surface area contributed by atoms with E-state index in [0.717, 1.165) is 5.69 Å². The number of nitrogens with zero attached hydrogens (tertiary/aromatic N) is 2. The molecule has 3 aromatic rings. The van der Waals surface area contributed by atoms with Gasteiger partial charge in [-0.3, -0.25) is 9.59 Å². The molecular formula is C23H21N3O2. The molecule has 0 aliphatic rings. The van der Waals surface area contributed by atoms with Crippen LogP contribution in [0.5, 0.6) is 0 Å². The molecule has 0 aliphatic heterocycles. The van der Waals surface area contributed by atoms with Gasteiger partial charge >= 0.3 is 0 Å². The smallest absolute Gasteiger partial charge is 0.278 e. The van der Waals surface area contributed by atoms with Gasteiger partial charge in [-0.25, -0.2) is 4.99 Å². The van der Waals surface area contributed by atoms with Gasteiger partial charge in [-0.15, -0.1) is 0 Å². The lowest BCUT2D eigenvalue weighted by molar-refractivity contribution is -0.110. The number of hydrogen-bond donors (Lipinski definition) is 1. The average molecular weight is 371 g/mol. The number of anilines is 2. The zero-order valence-electron chi connectivity index (χ0n) is 15.8. The highest BCUT2D eigenvalue weighted by molar-refractivity contribution is 6.70. The lowest BCUT2D eigenvalue weighted by atomic mass is 10.1. The first-order chi connectivity index (χ1) is 13.5. The number of ketones is 1. The summed E-state index contributed by atoms with van der Waals surface area (Å²) in [5, 5.41) is 2.74. The topological polar surface area (TPSA) is 61.8 Å². The third kappa shape index (κ3) is 4.71. The molecule has 0 saturated carbocycles. The van der Waals surface area contributed by atoms with Crippen molar-refractivity contribution in [2.45, 2.75) is 0 Å². The van der Waals surface area contributed by atoms with E-state index in [2.05, 4.69) is 10.3 Å². The number of nitrogens with one attached hydrogen (secondary N) is 1. The van der Waals surface area contributed by atoms with Gasteiger partial charge in [0.05, 0.1) is 5.69 Å². The van der Waals surface area contributed by atoms with Crippen LogP contribution in [-0.2, 0) is 4.79 Å². The third-order valence-electron chi connectivity index (χ3n) is 4.10. The van der Waals surface area contributed by atoms with E-state index in [9.17, 15) is 9.59 Å². The van der Waals surface area contributed by atoms with Crippen LogP contribution in [0.4, 0.5) is 17.1 Å². The van der Waals surface area contributed by atoms with Gasteiger partial charge in [-0.2, -0.15) is 0 Å². The van der Waals surface area contributed by atoms with E-state index >= 15 is 0 Å². The first kappa shape index (κ1) is 19.0. The molecule has 0 atom stereocenters. The van der Waals surface area contributed by atoms with Crippen molar-refractivity contribution >= 4 is 34.5 Å². The van der Waals surface area contributed by atoms with Gasteiger partial charge in [0.2, 0.25) is 5.78 Å². The van der Waals surface area contributed by atoms with E-state index in [1.54, 1.807) is 48.5 Å². The van der Waals surface area contributed by atoms with Crippen LogP contribution in [0.3, 0.4) is 0 Å². The van der Waals surface area contributed by atoms with Crippen molar-refractivity contribution in [3.8, 4) is 0 Å². The lowest BCUT2D eigenvalue weighted by Crippen LogP contribution is -2.30. The van der Waals surface area contributed by atoms with Gasteiger partial charge in [0.1, 0.15) is 0 Å². The van der Waals surface area contributed by atoms with Gasteiger partial charge in [0.25, 0.3) is 5.91 Å². The molecule has 140 valence electrons. The zero-order valence-corrected chi connectivity index (χ0v) is 15.8. The summed E-state index contributed by atoms with van der Waals surface area (Å²) in [7, 11) is 3.88. The van der Waals surface area contributed by atoms with E-state index in [1.165, 1.54) is 0 Å². The van der Waals surface area contributed by atoms with Crippen molar-refractivity contribution in [2.75, 3.05) is 24.3 Å². The molecule has 0 aliphatic carbocycles. The lowest BCUT2D eigenvalue weighted by Gasteiger charge is -2.12. The Balaban J connectivity index is 1.96.